The molecular weight excluding hydrogens is 825 g/mol. The fourth-order valence-electron chi connectivity index (χ4n) is 6.76. The fourth-order valence-corrected chi connectivity index (χ4v) is 6.76. The average Bonchev–Trinajstić information content (AvgIpc) is 3.27. The third kappa shape index (κ3) is 24.8. The predicted molar refractivity (Wildman–Crippen MR) is 248 cm³/mol. The van der Waals surface area contributed by atoms with Gasteiger partial charge in [-0.2, -0.15) is 0 Å². The second-order valence-electron chi connectivity index (χ2n) is 17.3. The second kappa shape index (κ2) is 35.0. The van der Waals surface area contributed by atoms with E-state index in [0.29, 0.717) is 16.9 Å². The Morgan fingerprint density at radius 2 is 1.11 bits per heavy atom. The fraction of sp³-hybridized carbons (Fsp3) is 0.800. The molecule has 64 heavy (non-hydrogen) atoms. The molecule has 3 saturated heterocycles. The monoisotopic (exact) mass is 913 g/mol. The molecular formula is C50H88O14. The molecule has 0 bridgehead atoms. The van der Waals surface area contributed by atoms with Crippen molar-refractivity contribution in [1.82, 2.24) is 0 Å². The minimum Gasteiger partial charge on any atom is -0.493 e. The number of hydrogen-bond donors (Lipinski definition) is 0. The molecule has 5 rings (SSSR count). The number of esters is 4. The zero-order chi connectivity index (χ0) is 47.5. The maximum atomic E-state index is 10.6. The van der Waals surface area contributed by atoms with Crippen molar-refractivity contribution in [2.45, 2.75) is 144 Å². The van der Waals surface area contributed by atoms with E-state index in [1.807, 2.05) is 30.3 Å². The molecule has 4 fully saturated rings. The Labute approximate surface area is 387 Å². The summed E-state index contributed by atoms with van der Waals surface area (Å²) in [6.45, 7) is 24.0. The summed E-state index contributed by atoms with van der Waals surface area (Å²) in [4.78, 5) is 41.7. The smallest absolute Gasteiger partial charge is 0.317 e. The molecule has 3 aliphatic heterocycles. The van der Waals surface area contributed by atoms with E-state index in [1.165, 1.54) is 84.8 Å². The molecule has 3 heterocycles. The van der Waals surface area contributed by atoms with E-state index in [-0.39, 0.29) is 32.9 Å². The first-order chi connectivity index (χ1) is 30.9. The first-order valence-electron chi connectivity index (χ1n) is 23.9. The maximum absolute atomic E-state index is 10.6. The van der Waals surface area contributed by atoms with Crippen LogP contribution < -0.4 is 4.74 Å². The minimum absolute atomic E-state index is 0. The number of hydrogen-bond acceptors (Lipinski definition) is 14. The largest absolute Gasteiger partial charge is 0.493 e. The van der Waals surface area contributed by atoms with Gasteiger partial charge in [-0.25, -0.2) is 0 Å². The van der Waals surface area contributed by atoms with Crippen LogP contribution in [0.15, 0.2) is 30.3 Å². The van der Waals surface area contributed by atoms with Crippen molar-refractivity contribution in [2.75, 3.05) is 93.5 Å². The molecule has 0 radical (unpaired) electrons. The molecule has 4 aliphatic rings. The van der Waals surface area contributed by atoms with Crippen LogP contribution in [0.1, 0.15) is 140 Å². The molecule has 0 amide bonds. The van der Waals surface area contributed by atoms with E-state index >= 15 is 0 Å². The molecule has 0 N–H and O–H groups in total. The van der Waals surface area contributed by atoms with Gasteiger partial charge in [0.1, 0.15) is 18.6 Å². The Balaban J connectivity index is 0.000000795. The highest BCUT2D eigenvalue weighted by Crippen LogP contribution is 2.34. The van der Waals surface area contributed by atoms with Gasteiger partial charge in [-0.05, 0) is 70.4 Å². The predicted octanol–water partition coefficient (Wildman–Crippen LogP) is 9.37. The number of methoxy groups -OCH3 is 2. The summed E-state index contributed by atoms with van der Waals surface area (Å²) >= 11 is 0. The average molecular weight is 913 g/mol. The van der Waals surface area contributed by atoms with Crippen molar-refractivity contribution in [3.8, 4) is 5.75 Å². The lowest BCUT2D eigenvalue weighted by Gasteiger charge is -2.41. The van der Waals surface area contributed by atoms with Crippen molar-refractivity contribution in [3.05, 3.63) is 30.3 Å². The van der Waals surface area contributed by atoms with Gasteiger partial charge in [0.25, 0.3) is 0 Å². The van der Waals surface area contributed by atoms with Crippen molar-refractivity contribution in [2.24, 2.45) is 22.2 Å². The van der Waals surface area contributed by atoms with Gasteiger partial charge in [-0.15, -0.1) is 0 Å². The second-order valence-corrected chi connectivity index (χ2v) is 17.3. The normalized spacial score (nSPS) is 17.8. The first kappa shape index (κ1) is 58.7. The van der Waals surface area contributed by atoms with Gasteiger partial charge < -0.3 is 47.4 Å². The van der Waals surface area contributed by atoms with Crippen LogP contribution in [0.3, 0.4) is 0 Å². The Morgan fingerprint density at radius 3 is 1.52 bits per heavy atom. The highest BCUT2D eigenvalue weighted by molar-refractivity contribution is 5.91. The van der Waals surface area contributed by atoms with Gasteiger partial charge >= 0.3 is 23.9 Å². The van der Waals surface area contributed by atoms with E-state index in [9.17, 15) is 19.2 Å². The Bertz CT molecular complexity index is 1310. The SMILES string of the molecule is CCC1(COC2CCCCC2)COC1.CCC1(COc2ccccc2)COC1.CCCCC(CC)COCC1(CC)COC1.CCOC(=O)CC(=O)OCC.COC(=O)CC(=O)OC.[HH]. The summed E-state index contributed by atoms with van der Waals surface area (Å²) < 4.78 is 50.9. The maximum Gasteiger partial charge on any atom is 0.317 e. The first-order valence-corrected chi connectivity index (χ1v) is 23.9. The number of unbranched alkanes of at least 4 members (excludes halogenated alkanes) is 1. The van der Waals surface area contributed by atoms with Crippen LogP contribution in [0.4, 0.5) is 0 Å². The molecule has 1 aromatic carbocycles. The molecule has 372 valence electrons. The Hall–Kier alpha value is -3.30. The lowest BCUT2D eigenvalue weighted by atomic mass is 9.84. The lowest BCUT2D eigenvalue weighted by Crippen LogP contribution is -2.46. The summed E-state index contributed by atoms with van der Waals surface area (Å²) in [6.07, 6.45) is 15.3. The lowest BCUT2D eigenvalue weighted by molar-refractivity contribution is -0.163. The molecule has 0 aromatic heterocycles. The van der Waals surface area contributed by atoms with Crippen LogP contribution in [-0.4, -0.2) is 123 Å². The number of carbonyl (C=O) groups is 4. The summed E-state index contributed by atoms with van der Waals surface area (Å²) in [5, 5.41) is 0. The number of ether oxygens (including phenoxy) is 10. The van der Waals surface area contributed by atoms with Gasteiger partial charge in [0.2, 0.25) is 0 Å². The van der Waals surface area contributed by atoms with Crippen LogP contribution in [0.2, 0.25) is 0 Å². The Kier molecular flexibility index (Phi) is 32.1. The summed E-state index contributed by atoms with van der Waals surface area (Å²) in [7, 11) is 2.43. The zero-order valence-corrected chi connectivity index (χ0v) is 41.1. The standard InChI is InChI=1S/C14H28O2.C12H22O2.C12H16O2.C7H12O4.C5H8O4.H2/c1-4-7-8-13(5-2)9-15-10-14(6-3)11-16-12-14;2*1-2-12(8-13-9-12)10-14-11-6-4-3-5-7-11;1-3-10-6(8)5-7(9)11-4-2;1-8-4(6)3-5(7)9-2;/h13H,4-12H2,1-3H3;11H,2-10H2,1H3;3-7H,2,8-10H2,1H3;3-5H2,1-2H3;3H2,1-2H3;1H. The molecule has 0 spiro atoms. The van der Waals surface area contributed by atoms with Gasteiger partial charge in [0, 0.05) is 18.9 Å². The molecule has 1 saturated carbocycles. The van der Waals surface area contributed by atoms with Crippen molar-refractivity contribution in [3.63, 3.8) is 0 Å². The van der Waals surface area contributed by atoms with Crippen LogP contribution in [0.25, 0.3) is 0 Å². The van der Waals surface area contributed by atoms with Crippen molar-refractivity contribution in [1.29, 1.82) is 0 Å². The van der Waals surface area contributed by atoms with Gasteiger partial charge in [0.05, 0.1) is 98.4 Å². The molecule has 1 aromatic rings. The van der Waals surface area contributed by atoms with Crippen LogP contribution in [0, 0.1) is 22.2 Å². The number of carbonyl (C=O) groups excluding carboxylic acids is 4. The highest BCUT2D eigenvalue weighted by atomic mass is 16.6. The third-order valence-electron chi connectivity index (χ3n) is 12.1. The van der Waals surface area contributed by atoms with E-state index in [0.717, 1.165) is 84.2 Å². The highest BCUT2D eigenvalue weighted by Gasteiger charge is 2.39. The quantitative estimate of drug-likeness (QED) is 0.0580. The summed E-state index contributed by atoms with van der Waals surface area (Å²) in [5.74, 6) is -0.525. The topological polar surface area (TPSA) is 161 Å². The number of rotatable bonds is 23. The molecule has 14 nitrogen and oxygen atoms in total. The zero-order valence-electron chi connectivity index (χ0n) is 41.1. The summed E-state index contributed by atoms with van der Waals surface area (Å²) in [6, 6.07) is 9.96. The molecule has 1 unspecified atom stereocenters. The Morgan fingerprint density at radius 1 is 0.641 bits per heavy atom. The van der Waals surface area contributed by atoms with E-state index in [2.05, 4.69) is 53.6 Å². The van der Waals surface area contributed by atoms with Gasteiger partial charge in [0.15, 0.2) is 0 Å². The van der Waals surface area contributed by atoms with Crippen molar-refractivity contribution < 1.29 is 68.0 Å². The van der Waals surface area contributed by atoms with Crippen molar-refractivity contribution >= 4 is 23.9 Å². The van der Waals surface area contributed by atoms with Crippen LogP contribution in [-0.2, 0) is 61.8 Å². The van der Waals surface area contributed by atoms with Gasteiger partial charge in [-0.1, -0.05) is 91.3 Å². The van der Waals surface area contributed by atoms with E-state index in [1.54, 1.807) is 13.8 Å². The number of para-hydroxylation sites is 1. The van der Waals surface area contributed by atoms with Crippen LogP contribution >= 0.6 is 0 Å². The minimum atomic E-state index is -0.582. The van der Waals surface area contributed by atoms with E-state index in [4.69, 9.17) is 28.4 Å². The summed E-state index contributed by atoms with van der Waals surface area (Å²) in [5.41, 5.74) is 0.996. The molecule has 14 heteroatoms. The third-order valence-corrected chi connectivity index (χ3v) is 12.1. The van der Waals surface area contributed by atoms with Crippen LogP contribution in [0.5, 0.6) is 5.75 Å². The molecule has 1 atom stereocenters. The molecule has 1 aliphatic carbocycles. The van der Waals surface area contributed by atoms with E-state index < -0.39 is 23.9 Å². The number of benzene rings is 1. The van der Waals surface area contributed by atoms with Gasteiger partial charge in [-0.3, -0.25) is 19.2 Å².